The molecule has 2 aromatic rings. The van der Waals surface area contributed by atoms with Crippen LogP contribution in [0.15, 0.2) is 18.5 Å². The third-order valence-electron chi connectivity index (χ3n) is 2.86. The predicted molar refractivity (Wildman–Crippen MR) is 73.6 cm³/mol. The highest BCUT2D eigenvalue weighted by Gasteiger charge is 2.14. The van der Waals surface area contributed by atoms with Crippen molar-refractivity contribution in [3.8, 4) is 0 Å². The summed E-state index contributed by atoms with van der Waals surface area (Å²) in [5.41, 5.74) is 2.06. The maximum Gasteiger partial charge on any atom is 0.0965 e. The summed E-state index contributed by atoms with van der Waals surface area (Å²) in [7, 11) is 1.93. The van der Waals surface area contributed by atoms with E-state index in [1.165, 1.54) is 0 Å². The lowest BCUT2D eigenvalue weighted by Crippen LogP contribution is -2.22. The number of aryl methyl sites for hydroxylation is 1. The van der Waals surface area contributed by atoms with Gasteiger partial charge in [-0.25, -0.2) is 4.68 Å². The highest BCUT2D eigenvalue weighted by Crippen LogP contribution is 2.11. The first-order valence-corrected chi connectivity index (χ1v) is 6.56. The summed E-state index contributed by atoms with van der Waals surface area (Å²) in [5.74, 6) is 0. The van der Waals surface area contributed by atoms with E-state index in [1.54, 1.807) is 0 Å². The molecule has 0 saturated carbocycles. The van der Waals surface area contributed by atoms with Gasteiger partial charge in [-0.1, -0.05) is 5.21 Å². The summed E-state index contributed by atoms with van der Waals surface area (Å²) in [5, 5.41) is 16.0. The Morgan fingerprint density at radius 3 is 2.63 bits per heavy atom. The summed E-state index contributed by atoms with van der Waals surface area (Å²) in [6.07, 6.45) is 4.88. The van der Waals surface area contributed by atoms with E-state index < -0.39 is 0 Å². The molecule has 0 aliphatic carbocycles. The molecule has 104 valence electrons. The van der Waals surface area contributed by atoms with Gasteiger partial charge in [0, 0.05) is 32.8 Å². The fourth-order valence-electron chi connectivity index (χ4n) is 1.74. The van der Waals surface area contributed by atoms with Crippen LogP contribution < -0.4 is 5.32 Å². The topological polar surface area (TPSA) is 60.6 Å². The lowest BCUT2D eigenvalue weighted by atomic mass is 10.1. The van der Waals surface area contributed by atoms with Gasteiger partial charge in [0.05, 0.1) is 23.1 Å². The first kappa shape index (κ1) is 13.7. The standard InChI is InChI=1S/C13H22N6/c1-13(2,3)19-10-12(15-17-19)9-14-7-5-11-6-8-18(4)16-11/h6,8,10,14H,5,7,9H2,1-4H3. The van der Waals surface area contributed by atoms with Gasteiger partial charge < -0.3 is 5.32 Å². The van der Waals surface area contributed by atoms with E-state index in [0.717, 1.165) is 30.9 Å². The van der Waals surface area contributed by atoms with Crippen molar-refractivity contribution >= 4 is 0 Å². The van der Waals surface area contributed by atoms with E-state index in [2.05, 4.69) is 41.5 Å². The first-order chi connectivity index (χ1) is 8.95. The van der Waals surface area contributed by atoms with Gasteiger partial charge >= 0.3 is 0 Å². The van der Waals surface area contributed by atoms with Crippen LogP contribution >= 0.6 is 0 Å². The molecule has 0 fully saturated rings. The molecule has 0 radical (unpaired) electrons. The normalized spacial score (nSPS) is 12.0. The van der Waals surface area contributed by atoms with Crippen LogP contribution in [-0.4, -0.2) is 31.3 Å². The molecule has 0 aromatic carbocycles. The molecular formula is C13H22N6. The third-order valence-corrected chi connectivity index (χ3v) is 2.86. The minimum absolute atomic E-state index is 0.0147. The minimum Gasteiger partial charge on any atom is -0.311 e. The van der Waals surface area contributed by atoms with Gasteiger partial charge in [0.1, 0.15) is 0 Å². The highest BCUT2D eigenvalue weighted by molar-refractivity contribution is 4.99. The van der Waals surface area contributed by atoms with Crippen LogP contribution in [0.4, 0.5) is 0 Å². The van der Waals surface area contributed by atoms with Crippen LogP contribution in [-0.2, 0) is 25.6 Å². The molecule has 19 heavy (non-hydrogen) atoms. The van der Waals surface area contributed by atoms with Gasteiger partial charge in [-0.15, -0.1) is 5.10 Å². The lowest BCUT2D eigenvalue weighted by Gasteiger charge is -2.17. The van der Waals surface area contributed by atoms with E-state index >= 15 is 0 Å². The molecular weight excluding hydrogens is 240 g/mol. The molecule has 6 heteroatoms. The number of nitrogens with one attached hydrogen (secondary N) is 1. The van der Waals surface area contributed by atoms with E-state index in [0.29, 0.717) is 0 Å². The summed E-state index contributed by atoms with van der Waals surface area (Å²) in [6.45, 7) is 7.96. The Morgan fingerprint density at radius 2 is 2.05 bits per heavy atom. The van der Waals surface area contributed by atoms with Crippen LogP contribution in [0.2, 0.25) is 0 Å². The average Bonchev–Trinajstić information content (AvgIpc) is 2.93. The Hall–Kier alpha value is -1.69. The second kappa shape index (κ2) is 5.52. The summed E-state index contributed by atoms with van der Waals surface area (Å²) >= 11 is 0. The molecule has 0 unspecified atom stereocenters. The van der Waals surface area contributed by atoms with Crippen molar-refractivity contribution in [3.63, 3.8) is 0 Å². The highest BCUT2D eigenvalue weighted by atomic mass is 15.4. The van der Waals surface area contributed by atoms with E-state index in [9.17, 15) is 0 Å². The molecule has 0 spiro atoms. The number of aromatic nitrogens is 5. The predicted octanol–water partition coefficient (Wildman–Crippen LogP) is 1.10. The smallest absolute Gasteiger partial charge is 0.0965 e. The molecule has 0 atom stereocenters. The van der Waals surface area contributed by atoms with Crippen molar-refractivity contribution < 1.29 is 0 Å². The van der Waals surface area contributed by atoms with Gasteiger partial charge in [0.25, 0.3) is 0 Å². The number of nitrogens with zero attached hydrogens (tertiary/aromatic N) is 5. The van der Waals surface area contributed by atoms with Gasteiger partial charge in [-0.3, -0.25) is 4.68 Å². The molecule has 0 amide bonds. The molecule has 2 heterocycles. The van der Waals surface area contributed by atoms with Crippen LogP contribution in [0.25, 0.3) is 0 Å². The maximum atomic E-state index is 4.34. The van der Waals surface area contributed by atoms with E-state index in [1.807, 2.05) is 34.9 Å². The molecule has 0 saturated heterocycles. The molecule has 0 aliphatic heterocycles. The van der Waals surface area contributed by atoms with Crippen molar-refractivity contribution in [2.75, 3.05) is 6.54 Å². The Balaban J connectivity index is 1.75. The maximum absolute atomic E-state index is 4.34. The second-order valence-corrected chi connectivity index (χ2v) is 5.73. The van der Waals surface area contributed by atoms with Crippen molar-refractivity contribution in [1.29, 1.82) is 0 Å². The van der Waals surface area contributed by atoms with Crippen LogP contribution in [0.3, 0.4) is 0 Å². The molecule has 0 aliphatic rings. The van der Waals surface area contributed by atoms with Crippen molar-refractivity contribution in [2.45, 2.75) is 39.3 Å². The largest absolute Gasteiger partial charge is 0.311 e. The van der Waals surface area contributed by atoms with Crippen LogP contribution in [0.1, 0.15) is 32.2 Å². The molecule has 2 rings (SSSR count). The van der Waals surface area contributed by atoms with E-state index in [-0.39, 0.29) is 5.54 Å². The lowest BCUT2D eigenvalue weighted by molar-refractivity contribution is 0.347. The van der Waals surface area contributed by atoms with Gasteiger partial charge in [-0.05, 0) is 26.8 Å². The molecule has 1 N–H and O–H groups in total. The van der Waals surface area contributed by atoms with Gasteiger partial charge in [0.15, 0.2) is 0 Å². The average molecular weight is 262 g/mol. The quantitative estimate of drug-likeness (QED) is 0.820. The zero-order valence-corrected chi connectivity index (χ0v) is 12.1. The number of hydrogen-bond donors (Lipinski definition) is 1. The fraction of sp³-hybridized carbons (Fsp3) is 0.615. The minimum atomic E-state index is -0.0147. The third kappa shape index (κ3) is 3.89. The van der Waals surface area contributed by atoms with Crippen molar-refractivity contribution in [2.24, 2.45) is 7.05 Å². The molecule has 6 nitrogen and oxygen atoms in total. The first-order valence-electron chi connectivity index (χ1n) is 6.56. The zero-order chi connectivity index (χ0) is 13.9. The fourth-order valence-corrected chi connectivity index (χ4v) is 1.74. The molecule has 0 bridgehead atoms. The number of hydrogen-bond acceptors (Lipinski definition) is 4. The monoisotopic (exact) mass is 262 g/mol. The van der Waals surface area contributed by atoms with Gasteiger partial charge in [0.2, 0.25) is 0 Å². The molecule has 2 aromatic heterocycles. The SMILES string of the molecule is Cn1ccc(CCNCc2cn(C(C)(C)C)nn2)n1. The Labute approximate surface area is 113 Å². The second-order valence-electron chi connectivity index (χ2n) is 5.73. The van der Waals surface area contributed by atoms with Crippen LogP contribution in [0.5, 0.6) is 0 Å². The Bertz CT molecular complexity index is 519. The van der Waals surface area contributed by atoms with Crippen LogP contribution in [0, 0.1) is 0 Å². The zero-order valence-electron chi connectivity index (χ0n) is 12.1. The van der Waals surface area contributed by atoms with Gasteiger partial charge in [-0.2, -0.15) is 5.10 Å². The number of rotatable bonds is 5. The summed E-state index contributed by atoms with van der Waals surface area (Å²) in [4.78, 5) is 0. The summed E-state index contributed by atoms with van der Waals surface area (Å²) in [6, 6.07) is 2.04. The van der Waals surface area contributed by atoms with Crippen molar-refractivity contribution in [1.82, 2.24) is 30.1 Å². The van der Waals surface area contributed by atoms with Crippen molar-refractivity contribution in [3.05, 3.63) is 29.8 Å². The Morgan fingerprint density at radius 1 is 1.26 bits per heavy atom. The summed E-state index contributed by atoms with van der Waals surface area (Å²) < 4.78 is 3.72. The van der Waals surface area contributed by atoms with E-state index in [4.69, 9.17) is 0 Å². The Kier molecular flexibility index (Phi) is 3.99.